The van der Waals surface area contributed by atoms with Crippen molar-refractivity contribution in [2.45, 2.75) is 45.6 Å². The second-order valence-corrected chi connectivity index (χ2v) is 4.29. The number of unbranched alkanes of at least 4 members (excludes halogenated alkanes) is 3. The molecule has 1 saturated heterocycles. The zero-order valence-corrected chi connectivity index (χ0v) is 10.7. The predicted octanol–water partition coefficient (Wildman–Crippen LogP) is 2.43. The average molecular weight is 242 g/mol. The molecule has 17 heavy (non-hydrogen) atoms. The Hall–Kier alpha value is -1.03. The predicted molar refractivity (Wildman–Crippen MR) is 64.6 cm³/mol. The maximum atomic E-state index is 11.5. The summed E-state index contributed by atoms with van der Waals surface area (Å²) in [5.74, 6) is -0.293. The van der Waals surface area contributed by atoms with E-state index < -0.39 is 0 Å². The second-order valence-electron chi connectivity index (χ2n) is 4.29. The summed E-state index contributed by atoms with van der Waals surface area (Å²) in [6.45, 7) is 5.62. The third-order valence-electron chi connectivity index (χ3n) is 2.50. The van der Waals surface area contributed by atoms with E-state index in [1.807, 2.05) is 0 Å². The normalized spacial score (nSPS) is 18.9. The van der Waals surface area contributed by atoms with Gasteiger partial charge in [-0.2, -0.15) is 0 Å². The van der Waals surface area contributed by atoms with Crippen molar-refractivity contribution in [2.24, 2.45) is 0 Å². The molecule has 0 bridgehead atoms. The Morgan fingerprint density at radius 1 is 1.41 bits per heavy atom. The monoisotopic (exact) mass is 242 g/mol. The van der Waals surface area contributed by atoms with Gasteiger partial charge in [0.25, 0.3) is 0 Å². The van der Waals surface area contributed by atoms with Gasteiger partial charge in [0.15, 0.2) is 0 Å². The number of epoxide rings is 1. The van der Waals surface area contributed by atoms with Crippen LogP contribution in [0.5, 0.6) is 0 Å². The third-order valence-corrected chi connectivity index (χ3v) is 2.50. The average Bonchev–Trinajstić information content (AvgIpc) is 3.12. The van der Waals surface area contributed by atoms with Gasteiger partial charge in [-0.1, -0.05) is 26.2 Å². The molecule has 1 heterocycles. The molecule has 1 rings (SSSR count). The summed E-state index contributed by atoms with van der Waals surface area (Å²) in [5, 5.41) is 0. The van der Waals surface area contributed by atoms with Gasteiger partial charge in [0.05, 0.1) is 25.0 Å². The standard InChI is InChI=1S/C13H22O4/c1-3-4-5-6-7-16-13(14)11(2)8-15-9-12-10-17-12/h8,12H,3-7,9-10H2,1-2H3/b11-8+. The Morgan fingerprint density at radius 2 is 2.18 bits per heavy atom. The van der Waals surface area contributed by atoms with Crippen molar-refractivity contribution in [3.63, 3.8) is 0 Å². The Kier molecular flexibility index (Phi) is 6.70. The molecule has 0 radical (unpaired) electrons. The van der Waals surface area contributed by atoms with Crippen LogP contribution in [0.15, 0.2) is 11.8 Å². The molecule has 1 atom stereocenters. The second kappa shape index (κ2) is 8.12. The molecule has 0 aromatic rings. The molecule has 0 aromatic carbocycles. The minimum Gasteiger partial charge on any atom is -0.498 e. The maximum absolute atomic E-state index is 11.5. The van der Waals surface area contributed by atoms with E-state index in [-0.39, 0.29) is 12.1 Å². The summed E-state index contributed by atoms with van der Waals surface area (Å²) in [5.41, 5.74) is 0.501. The van der Waals surface area contributed by atoms with E-state index in [9.17, 15) is 4.79 Å². The Balaban J connectivity index is 2.03. The van der Waals surface area contributed by atoms with Gasteiger partial charge >= 0.3 is 5.97 Å². The number of rotatable bonds is 9. The van der Waals surface area contributed by atoms with Crippen LogP contribution in [0, 0.1) is 0 Å². The summed E-state index contributed by atoms with van der Waals surface area (Å²) in [4.78, 5) is 11.5. The smallest absolute Gasteiger partial charge is 0.336 e. The van der Waals surface area contributed by atoms with Crippen molar-refractivity contribution >= 4 is 5.97 Å². The topological polar surface area (TPSA) is 48.1 Å². The zero-order chi connectivity index (χ0) is 12.5. The van der Waals surface area contributed by atoms with Crippen molar-refractivity contribution in [3.8, 4) is 0 Å². The van der Waals surface area contributed by atoms with Crippen LogP contribution in [-0.4, -0.2) is 31.9 Å². The molecule has 1 aliphatic heterocycles. The molecule has 1 fully saturated rings. The van der Waals surface area contributed by atoms with E-state index in [0.717, 1.165) is 19.4 Å². The number of hydrogen-bond donors (Lipinski definition) is 0. The molecule has 0 spiro atoms. The molecule has 0 aliphatic carbocycles. The fourth-order valence-electron chi connectivity index (χ4n) is 1.30. The number of carbonyl (C=O) groups is 1. The number of carbonyl (C=O) groups excluding carboxylic acids is 1. The van der Waals surface area contributed by atoms with E-state index in [1.54, 1.807) is 6.92 Å². The van der Waals surface area contributed by atoms with Crippen LogP contribution in [0.2, 0.25) is 0 Å². The highest BCUT2D eigenvalue weighted by atomic mass is 16.6. The third kappa shape index (κ3) is 7.00. The molecule has 98 valence electrons. The highest BCUT2D eigenvalue weighted by Crippen LogP contribution is 2.09. The summed E-state index contributed by atoms with van der Waals surface area (Å²) < 4.78 is 15.3. The molecule has 4 nitrogen and oxygen atoms in total. The lowest BCUT2D eigenvalue weighted by Crippen LogP contribution is -2.08. The molecular formula is C13H22O4. The first-order valence-electron chi connectivity index (χ1n) is 6.31. The van der Waals surface area contributed by atoms with Crippen LogP contribution >= 0.6 is 0 Å². The lowest BCUT2D eigenvalue weighted by molar-refractivity contribution is -0.139. The van der Waals surface area contributed by atoms with Crippen LogP contribution in [0.4, 0.5) is 0 Å². The maximum Gasteiger partial charge on any atom is 0.336 e. The highest BCUT2D eigenvalue weighted by Gasteiger charge is 2.22. The van der Waals surface area contributed by atoms with Crippen LogP contribution in [0.1, 0.15) is 39.5 Å². The molecule has 1 unspecified atom stereocenters. The number of esters is 1. The van der Waals surface area contributed by atoms with E-state index >= 15 is 0 Å². The molecule has 0 saturated carbocycles. The van der Waals surface area contributed by atoms with Crippen molar-refractivity contribution in [1.29, 1.82) is 0 Å². The van der Waals surface area contributed by atoms with E-state index in [1.165, 1.54) is 19.1 Å². The van der Waals surface area contributed by atoms with Crippen LogP contribution < -0.4 is 0 Å². The Bertz CT molecular complexity index is 256. The number of hydrogen-bond acceptors (Lipinski definition) is 4. The van der Waals surface area contributed by atoms with Crippen LogP contribution in [0.25, 0.3) is 0 Å². The summed E-state index contributed by atoms with van der Waals surface area (Å²) in [6, 6.07) is 0. The minimum atomic E-state index is -0.293. The van der Waals surface area contributed by atoms with E-state index in [4.69, 9.17) is 14.2 Å². The van der Waals surface area contributed by atoms with E-state index in [2.05, 4.69) is 6.92 Å². The van der Waals surface area contributed by atoms with E-state index in [0.29, 0.717) is 18.8 Å². The van der Waals surface area contributed by atoms with Crippen molar-refractivity contribution < 1.29 is 19.0 Å². The van der Waals surface area contributed by atoms with Gasteiger partial charge in [0, 0.05) is 0 Å². The molecule has 1 aliphatic rings. The van der Waals surface area contributed by atoms with Gasteiger partial charge in [0.2, 0.25) is 0 Å². The first-order valence-corrected chi connectivity index (χ1v) is 6.31. The van der Waals surface area contributed by atoms with Gasteiger partial charge in [-0.15, -0.1) is 0 Å². The Morgan fingerprint density at radius 3 is 2.82 bits per heavy atom. The lowest BCUT2D eigenvalue weighted by atomic mass is 10.2. The fourth-order valence-corrected chi connectivity index (χ4v) is 1.30. The molecule has 0 aromatic heterocycles. The lowest BCUT2D eigenvalue weighted by Gasteiger charge is -2.05. The summed E-state index contributed by atoms with van der Waals surface area (Å²) in [7, 11) is 0. The van der Waals surface area contributed by atoms with Gasteiger partial charge in [0.1, 0.15) is 12.7 Å². The first-order chi connectivity index (χ1) is 8.24. The molecule has 0 N–H and O–H groups in total. The van der Waals surface area contributed by atoms with Crippen molar-refractivity contribution in [3.05, 3.63) is 11.8 Å². The Labute approximate surface area is 103 Å². The van der Waals surface area contributed by atoms with Gasteiger partial charge < -0.3 is 14.2 Å². The SMILES string of the molecule is CCCCCCOC(=O)/C(C)=C/OCC1CO1. The quantitative estimate of drug-likeness (QED) is 0.205. The molecular weight excluding hydrogens is 220 g/mol. The van der Waals surface area contributed by atoms with Crippen molar-refractivity contribution in [2.75, 3.05) is 19.8 Å². The highest BCUT2D eigenvalue weighted by molar-refractivity contribution is 5.87. The van der Waals surface area contributed by atoms with Gasteiger partial charge in [-0.25, -0.2) is 4.79 Å². The zero-order valence-electron chi connectivity index (χ0n) is 10.7. The van der Waals surface area contributed by atoms with Crippen molar-refractivity contribution in [1.82, 2.24) is 0 Å². The number of ether oxygens (including phenoxy) is 3. The fraction of sp³-hybridized carbons (Fsp3) is 0.769. The largest absolute Gasteiger partial charge is 0.498 e. The summed E-state index contributed by atoms with van der Waals surface area (Å²) >= 11 is 0. The summed E-state index contributed by atoms with van der Waals surface area (Å²) in [6.07, 6.45) is 6.09. The molecule has 0 amide bonds. The minimum absolute atomic E-state index is 0.212. The van der Waals surface area contributed by atoms with Gasteiger partial charge in [-0.3, -0.25) is 0 Å². The van der Waals surface area contributed by atoms with Crippen LogP contribution in [0.3, 0.4) is 0 Å². The first kappa shape index (κ1) is 14.0. The molecule has 4 heteroatoms. The van der Waals surface area contributed by atoms with Crippen LogP contribution in [-0.2, 0) is 19.0 Å². The van der Waals surface area contributed by atoms with Gasteiger partial charge in [-0.05, 0) is 13.3 Å².